The second-order valence-electron chi connectivity index (χ2n) is 6.13. The average molecular weight is 341 g/mol. The molecule has 1 aliphatic rings. The molecule has 130 valence electrons. The van der Waals surface area contributed by atoms with E-state index in [1.807, 2.05) is 30.3 Å². The first-order chi connectivity index (χ1) is 12.1. The number of anilines is 1. The van der Waals surface area contributed by atoms with Crippen LogP contribution in [0.25, 0.3) is 0 Å². The fourth-order valence-corrected chi connectivity index (χ4v) is 2.45. The Labute approximate surface area is 145 Å². The molecule has 3 N–H and O–H groups in total. The zero-order chi connectivity index (χ0) is 17.6. The van der Waals surface area contributed by atoms with Crippen LogP contribution in [0.15, 0.2) is 54.6 Å². The molecule has 1 saturated carbocycles. The third kappa shape index (κ3) is 5.31. The number of hydrogen-bond donors (Lipinski definition) is 3. The molecule has 2 aromatic rings. The molecule has 1 fully saturated rings. The van der Waals surface area contributed by atoms with E-state index in [-0.39, 0.29) is 17.8 Å². The SMILES string of the molecule is O=C(Nc1ccc(F)cc1)NC(Cc1ccccc1)C(=O)NC1CC1. The van der Waals surface area contributed by atoms with Gasteiger partial charge in [0.05, 0.1) is 0 Å². The van der Waals surface area contributed by atoms with Crippen LogP contribution < -0.4 is 16.0 Å². The van der Waals surface area contributed by atoms with Crippen molar-refractivity contribution < 1.29 is 14.0 Å². The lowest BCUT2D eigenvalue weighted by atomic mass is 10.1. The Morgan fingerprint density at radius 2 is 1.72 bits per heavy atom. The lowest BCUT2D eigenvalue weighted by Crippen LogP contribution is -2.49. The van der Waals surface area contributed by atoms with Gasteiger partial charge in [0.15, 0.2) is 0 Å². The van der Waals surface area contributed by atoms with Crippen LogP contribution in [0.2, 0.25) is 0 Å². The van der Waals surface area contributed by atoms with Gasteiger partial charge in [0.2, 0.25) is 5.91 Å². The maximum atomic E-state index is 12.9. The second-order valence-corrected chi connectivity index (χ2v) is 6.13. The first kappa shape index (κ1) is 17.0. The number of hydrogen-bond acceptors (Lipinski definition) is 2. The number of urea groups is 1. The standard InChI is InChI=1S/C19H20FN3O2/c20-14-6-8-16(9-7-14)22-19(25)23-17(18(24)21-15-10-11-15)12-13-4-2-1-3-5-13/h1-9,15,17H,10-12H2,(H,21,24)(H2,22,23,25). The van der Waals surface area contributed by atoms with Gasteiger partial charge in [-0.3, -0.25) is 4.79 Å². The maximum Gasteiger partial charge on any atom is 0.319 e. The van der Waals surface area contributed by atoms with E-state index in [4.69, 9.17) is 0 Å². The van der Waals surface area contributed by atoms with Crippen LogP contribution in [-0.2, 0) is 11.2 Å². The molecular formula is C19H20FN3O2. The normalized spacial score (nSPS) is 14.4. The van der Waals surface area contributed by atoms with Crippen molar-refractivity contribution in [3.05, 3.63) is 66.0 Å². The topological polar surface area (TPSA) is 70.2 Å². The molecule has 1 atom stereocenters. The van der Waals surface area contributed by atoms with Gasteiger partial charge in [-0.05, 0) is 42.7 Å². The summed E-state index contributed by atoms with van der Waals surface area (Å²) in [5.41, 5.74) is 1.42. The molecule has 0 saturated heterocycles. The van der Waals surface area contributed by atoms with Gasteiger partial charge >= 0.3 is 6.03 Å². The van der Waals surface area contributed by atoms with Crippen LogP contribution in [0, 0.1) is 5.82 Å². The number of rotatable bonds is 6. The highest BCUT2D eigenvalue weighted by molar-refractivity contribution is 5.94. The highest BCUT2D eigenvalue weighted by atomic mass is 19.1. The van der Waals surface area contributed by atoms with Gasteiger partial charge in [-0.25, -0.2) is 9.18 Å². The molecule has 0 spiro atoms. The summed E-state index contributed by atoms with van der Waals surface area (Å²) in [5.74, 6) is -0.572. The van der Waals surface area contributed by atoms with E-state index in [1.165, 1.54) is 24.3 Å². The Bertz CT molecular complexity index is 730. The van der Waals surface area contributed by atoms with Gasteiger partial charge < -0.3 is 16.0 Å². The quantitative estimate of drug-likeness (QED) is 0.756. The van der Waals surface area contributed by atoms with Crippen LogP contribution >= 0.6 is 0 Å². The van der Waals surface area contributed by atoms with Crippen LogP contribution in [0.1, 0.15) is 18.4 Å². The Hall–Kier alpha value is -2.89. The van der Waals surface area contributed by atoms with E-state index in [1.54, 1.807) is 0 Å². The fraction of sp³-hybridized carbons (Fsp3) is 0.263. The first-order valence-electron chi connectivity index (χ1n) is 8.27. The average Bonchev–Trinajstić information content (AvgIpc) is 3.41. The zero-order valence-corrected chi connectivity index (χ0v) is 13.7. The molecule has 5 nitrogen and oxygen atoms in total. The Morgan fingerprint density at radius 1 is 1.04 bits per heavy atom. The van der Waals surface area contributed by atoms with E-state index >= 15 is 0 Å². The lowest BCUT2D eigenvalue weighted by Gasteiger charge is -2.19. The van der Waals surface area contributed by atoms with Crippen molar-refractivity contribution in [3.8, 4) is 0 Å². The molecule has 1 aliphatic carbocycles. The summed E-state index contributed by atoms with van der Waals surface area (Å²) in [6, 6.07) is 14.0. The number of halogens is 1. The van der Waals surface area contributed by atoms with Crippen LogP contribution in [-0.4, -0.2) is 24.0 Å². The van der Waals surface area contributed by atoms with Gasteiger partial charge in [0, 0.05) is 18.2 Å². The molecule has 0 heterocycles. The number of amides is 3. The second kappa shape index (κ2) is 7.79. The minimum Gasteiger partial charge on any atom is -0.352 e. The molecule has 2 aromatic carbocycles. The van der Waals surface area contributed by atoms with Gasteiger partial charge in [-0.2, -0.15) is 0 Å². The summed E-state index contributed by atoms with van der Waals surface area (Å²) in [6.45, 7) is 0. The predicted octanol–water partition coefficient (Wildman–Crippen LogP) is 2.84. The van der Waals surface area contributed by atoms with Gasteiger partial charge in [0.1, 0.15) is 11.9 Å². The van der Waals surface area contributed by atoms with Crippen molar-refractivity contribution >= 4 is 17.6 Å². The van der Waals surface area contributed by atoms with E-state index < -0.39 is 12.1 Å². The lowest BCUT2D eigenvalue weighted by molar-refractivity contribution is -0.123. The molecule has 0 aromatic heterocycles. The van der Waals surface area contributed by atoms with Crippen molar-refractivity contribution in [2.24, 2.45) is 0 Å². The molecular weight excluding hydrogens is 321 g/mol. The van der Waals surface area contributed by atoms with Gasteiger partial charge in [-0.15, -0.1) is 0 Å². The highest BCUT2D eigenvalue weighted by Crippen LogP contribution is 2.19. The monoisotopic (exact) mass is 341 g/mol. The molecule has 1 unspecified atom stereocenters. The molecule has 3 rings (SSSR count). The van der Waals surface area contributed by atoms with Crippen molar-refractivity contribution in [1.82, 2.24) is 10.6 Å². The molecule has 6 heteroatoms. The van der Waals surface area contributed by atoms with Crippen LogP contribution in [0.5, 0.6) is 0 Å². The first-order valence-corrected chi connectivity index (χ1v) is 8.27. The van der Waals surface area contributed by atoms with Crippen molar-refractivity contribution in [2.45, 2.75) is 31.3 Å². The number of nitrogens with one attached hydrogen (secondary N) is 3. The Morgan fingerprint density at radius 3 is 2.36 bits per heavy atom. The summed E-state index contributed by atoms with van der Waals surface area (Å²) in [5, 5.41) is 8.24. The number of carbonyl (C=O) groups is 2. The summed E-state index contributed by atoms with van der Waals surface area (Å²) < 4.78 is 12.9. The molecule has 0 bridgehead atoms. The fourth-order valence-electron chi connectivity index (χ4n) is 2.45. The number of carbonyl (C=O) groups excluding carboxylic acids is 2. The Balaban J connectivity index is 1.64. The largest absolute Gasteiger partial charge is 0.352 e. The van der Waals surface area contributed by atoms with E-state index in [0.717, 1.165) is 18.4 Å². The summed E-state index contributed by atoms with van der Waals surface area (Å²) in [7, 11) is 0. The van der Waals surface area contributed by atoms with Crippen molar-refractivity contribution in [3.63, 3.8) is 0 Å². The van der Waals surface area contributed by atoms with E-state index in [0.29, 0.717) is 12.1 Å². The maximum absolute atomic E-state index is 12.9. The van der Waals surface area contributed by atoms with E-state index in [2.05, 4.69) is 16.0 Å². The molecule has 0 aliphatic heterocycles. The Kier molecular flexibility index (Phi) is 5.28. The number of benzene rings is 2. The van der Waals surface area contributed by atoms with Crippen LogP contribution in [0.3, 0.4) is 0 Å². The summed E-state index contributed by atoms with van der Waals surface area (Å²) >= 11 is 0. The van der Waals surface area contributed by atoms with Crippen LogP contribution in [0.4, 0.5) is 14.9 Å². The van der Waals surface area contributed by atoms with E-state index in [9.17, 15) is 14.0 Å². The minimum absolute atomic E-state index is 0.194. The third-order valence-corrected chi connectivity index (χ3v) is 3.93. The summed E-state index contributed by atoms with van der Waals surface area (Å²) in [4.78, 5) is 24.6. The predicted molar refractivity (Wildman–Crippen MR) is 93.7 cm³/mol. The smallest absolute Gasteiger partial charge is 0.319 e. The van der Waals surface area contributed by atoms with Gasteiger partial charge in [-0.1, -0.05) is 30.3 Å². The minimum atomic E-state index is -0.677. The third-order valence-electron chi connectivity index (χ3n) is 3.93. The van der Waals surface area contributed by atoms with Gasteiger partial charge in [0.25, 0.3) is 0 Å². The van der Waals surface area contributed by atoms with Crippen molar-refractivity contribution in [2.75, 3.05) is 5.32 Å². The molecule has 25 heavy (non-hydrogen) atoms. The highest BCUT2D eigenvalue weighted by Gasteiger charge is 2.28. The zero-order valence-electron chi connectivity index (χ0n) is 13.7. The molecule has 0 radical (unpaired) electrons. The van der Waals surface area contributed by atoms with Crippen molar-refractivity contribution in [1.29, 1.82) is 0 Å². The summed E-state index contributed by atoms with van der Waals surface area (Å²) in [6.07, 6.45) is 2.35. The molecule has 3 amide bonds.